The van der Waals surface area contributed by atoms with E-state index >= 15 is 0 Å². The molecule has 0 aliphatic carbocycles. The van der Waals surface area contributed by atoms with Crippen LogP contribution in [-0.4, -0.2) is 49.3 Å². The van der Waals surface area contributed by atoms with Gasteiger partial charge in [0.15, 0.2) is 0 Å². The van der Waals surface area contributed by atoms with E-state index in [1.165, 1.54) is 12.1 Å². The van der Waals surface area contributed by atoms with Gasteiger partial charge in [-0.25, -0.2) is 19.2 Å². The maximum Gasteiger partial charge on any atom is 0.339 e. The minimum atomic E-state index is -0.769. The first-order valence-corrected chi connectivity index (χ1v) is 11.3. The van der Waals surface area contributed by atoms with E-state index in [9.17, 15) is 19.2 Å². The van der Waals surface area contributed by atoms with E-state index in [1.54, 1.807) is 86.6 Å². The van der Waals surface area contributed by atoms with Gasteiger partial charge in [-0.15, -0.1) is 0 Å². The van der Waals surface area contributed by atoms with Crippen molar-refractivity contribution in [2.45, 2.75) is 26.1 Å². The second kappa shape index (κ2) is 12.9. The highest BCUT2D eigenvalue weighted by Crippen LogP contribution is 2.15. The molecule has 8 heteroatoms. The second-order valence-corrected chi connectivity index (χ2v) is 7.91. The lowest BCUT2D eigenvalue weighted by atomic mass is 10.1. The minimum Gasteiger partial charge on any atom is -0.458 e. The van der Waals surface area contributed by atoms with Crippen molar-refractivity contribution in [3.8, 4) is 0 Å². The highest BCUT2D eigenvalue weighted by atomic mass is 16.6. The van der Waals surface area contributed by atoms with Gasteiger partial charge in [-0.2, -0.15) is 0 Å². The first kappa shape index (κ1) is 26.2. The number of ether oxygens (including phenoxy) is 4. The Morgan fingerprint density at radius 2 is 0.861 bits per heavy atom. The number of benzene rings is 3. The van der Waals surface area contributed by atoms with Gasteiger partial charge in [0.05, 0.1) is 22.3 Å². The number of esters is 4. The Hall–Kier alpha value is -4.46. The Kier molecular flexibility index (Phi) is 9.33. The van der Waals surface area contributed by atoms with Crippen LogP contribution in [0.5, 0.6) is 0 Å². The van der Waals surface area contributed by atoms with Crippen LogP contribution < -0.4 is 0 Å². The SMILES string of the molecule is CC(COC(=O)c1ccccc1)OC(=O)c1ccccc1C(=O)OC(C)COC(=O)c1ccccc1. The number of carbonyl (C=O) groups excluding carboxylic acids is 4. The molecule has 3 aromatic carbocycles. The zero-order valence-electron chi connectivity index (χ0n) is 19.9. The summed E-state index contributed by atoms with van der Waals surface area (Å²) in [7, 11) is 0. The Morgan fingerprint density at radius 1 is 0.528 bits per heavy atom. The van der Waals surface area contributed by atoms with Gasteiger partial charge >= 0.3 is 23.9 Å². The van der Waals surface area contributed by atoms with E-state index in [-0.39, 0.29) is 24.3 Å². The molecule has 0 radical (unpaired) electrons. The lowest BCUT2D eigenvalue weighted by Crippen LogP contribution is -2.25. The summed E-state index contributed by atoms with van der Waals surface area (Å²) in [5.74, 6) is -2.61. The van der Waals surface area contributed by atoms with Crippen molar-refractivity contribution < 1.29 is 38.1 Å². The highest BCUT2D eigenvalue weighted by Gasteiger charge is 2.23. The van der Waals surface area contributed by atoms with Crippen molar-refractivity contribution in [1.82, 2.24) is 0 Å². The molecule has 0 aliphatic rings. The third-order valence-electron chi connectivity index (χ3n) is 4.90. The molecule has 0 saturated heterocycles. The van der Waals surface area contributed by atoms with Crippen LogP contribution >= 0.6 is 0 Å². The second-order valence-electron chi connectivity index (χ2n) is 7.91. The molecular weight excluding hydrogens is 464 g/mol. The summed E-state index contributed by atoms with van der Waals surface area (Å²) in [5.41, 5.74) is 0.759. The van der Waals surface area contributed by atoms with Crippen LogP contribution in [0, 0.1) is 0 Å². The predicted octanol–water partition coefficient (Wildman–Crippen LogP) is 4.49. The quantitative estimate of drug-likeness (QED) is 0.302. The highest BCUT2D eigenvalue weighted by molar-refractivity contribution is 6.03. The standard InChI is InChI=1S/C28H26O8/c1-19(17-33-25(29)21-11-5-3-6-12-21)35-27(31)23-15-9-10-16-24(23)28(32)36-20(2)18-34-26(30)22-13-7-4-8-14-22/h3-16,19-20H,17-18H2,1-2H3. The summed E-state index contributed by atoms with van der Waals surface area (Å²) in [6.45, 7) is 2.83. The molecule has 0 heterocycles. The largest absolute Gasteiger partial charge is 0.458 e. The average molecular weight is 491 g/mol. The van der Waals surface area contributed by atoms with E-state index < -0.39 is 36.1 Å². The van der Waals surface area contributed by atoms with E-state index in [0.717, 1.165) is 0 Å². The Labute approximate surface area is 208 Å². The van der Waals surface area contributed by atoms with Crippen LogP contribution in [0.2, 0.25) is 0 Å². The fourth-order valence-corrected chi connectivity index (χ4v) is 3.10. The van der Waals surface area contributed by atoms with Crippen LogP contribution in [0.1, 0.15) is 55.3 Å². The van der Waals surface area contributed by atoms with Crippen molar-refractivity contribution >= 4 is 23.9 Å². The molecule has 0 fully saturated rings. The lowest BCUT2D eigenvalue weighted by molar-refractivity contribution is 0.00197. The first-order valence-electron chi connectivity index (χ1n) is 11.3. The number of rotatable bonds is 10. The summed E-state index contributed by atoms with van der Waals surface area (Å²) < 4.78 is 21.1. The van der Waals surface area contributed by atoms with Crippen molar-refractivity contribution in [3.05, 3.63) is 107 Å². The maximum atomic E-state index is 12.7. The lowest BCUT2D eigenvalue weighted by Gasteiger charge is -2.17. The molecule has 8 nitrogen and oxygen atoms in total. The summed E-state index contributed by atoms with van der Waals surface area (Å²) in [6.07, 6.45) is -1.52. The normalized spacial score (nSPS) is 12.1. The van der Waals surface area contributed by atoms with E-state index in [2.05, 4.69) is 0 Å². The van der Waals surface area contributed by atoms with Crippen molar-refractivity contribution in [1.29, 1.82) is 0 Å². The topological polar surface area (TPSA) is 105 Å². The molecule has 0 bridgehead atoms. The van der Waals surface area contributed by atoms with Crippen LogP contribution in [-0.2, 0) is 18.9 Å². The van der Waals surface area contributed by atoms with Crippen LogP contribution in [0.4, 0.5) is 0 Å². The molecule has 2 atom stereocenters. The smallest absolute Gasteiger partial charge is 0.339 e. The first-order chi connectivity index (χ1) is 17.3. The Balaban J connectivity index is 1.53. The van der Waals surface area contributed by atoms with Crippen LogP contribution in [0.25, 0.3) is 0 Å². The van der Waals surface area contributed by atoms with Gasteiger partial charge in [-0.3, -0.25) is 0 Å². The average Bonchev–Trinajstić information content (AvgIpc) is 2.91. The third-order valence-corrected chi connectivity index (χ3v) is 4.90. The van der Waals surface area contributed by atoms with Crippen molar-refractivity contribution in [2.24, 2.45) is 0 Å². The minimum absolute atomic E-state index is 0.00258. The van der Waals surface area contributed by atoms with Gasteiger partial charge in [0, 0.05) is 0 Å². The predicted molar refractivity (Wildman–Crippen MR) is 130 cm³/mol. The zero-order chi connectivity index (χ0) is 25.9. The molecule has 2 unspecified atom stereocenters. The molecule has 3 rings (SSSR count). The zero-order valence-corrected chi connectivity index (χ0v) is 19.9. The van der Waals surface area contributed by atoms with Crippen LogP contribution in [0.3, 0.4) is 0 Å². The number of hydrogen-bond donors (Lipinski definition) is 0. The molecule has 3 aromatic rings. The molecule has 0 saturated carbocycles. The molecular formula is C28H26O8. The maximum absolute atomic E-state index is 12.7. The van der Waals surface area contributed by atoms with Gasteiger partial charge in [0.2, 0.25) is 0 Å². The molecule has 36 heavy (non-hydrogen) atoms. The fraction of sp³-hybridized carbons (Fsp3) is 0.214. The molecule has 0 aliphatic heterocycles. The van der Waals surface area contributed by atoms with Crippen molar-refractivity contribution in [2.75, 3.05) is 13.2 Å². The van der Waals surface area contributed by atoms with E-state index in [4.69, 9.17) is 18.9 Å². The monoisotopic (exact) mass is 490 g/mol. The molecule has 0 spiro atoms. The van der Waals surface area contributed by atoms with Gasteiger partial charge < -0.3 is 18.9 Å². The molecule has 0 N–H and O–H groups in total. The number of hydrogen-bond acceptors (Lipinski definition) is 8. The van der Waals surface area contributed by atoms with E-state index in [1.807, 2.05) is 0 Å². The van der Waals surface area contributed by atoms with Crippen LogP contribution in [0.15, 0.2) is 84.9 Å². The van der Waals surface area contributed by atoms with E-state index in [0.29, 0.717) is 11.1 Å². The van der Waals surface area contributed by atoms with Gasteiger partial charge in [-0.05, 0) is 50.2 Å². The molecule has 0 amide bonds. The summed E-state index contributed by atoms with van der Waals surface area (Å²) in [4.78, 5) is 49.6. The summed E-state index contributed by atoms with van der Waals surface area (Å²) >= 11 is 0. The summed E-state index contributed by atoms with van der Waals surface area (Å²) in [6, 6.07) is 22.9. The Bertz CT molecular complexity index is 1100. The van der Waals surface area contributed by atoms with Crippen molar-refractivity contribution in [3.63, 3.8) is 0 Å². The number of carbonyl (C=O) groups is 4. The summed E-state index contributed by atoms with van der Waals surface area (Å²) in [5, 5.41) is 0. The fourth-order valence-electron chi connectivity index (χ4n) is 3.10. The van der Waals surface area contributed by atoms with Gasteiger partial charge in [0.1, 0.15) is 25.4 Å². The Morgan fingerprint density at radius 3 is 1.22 bits per heavy atom. The molecule has 186 valence electrons. The van der Waals surface area contributed by atoms with Gasteiger partial charge in [-0.1, -0.05) is 48.5 Å². The molecule has 0 aromatic heterocycles. The van der Waals surface area contributed by atoms with Gasteiger partial charge in [0.25, 0.3) is 0 Å². The third kappa shape index (κ3) is 7.53.